The molecule has 2 aliphatic rings. The third-order valence-electron chi connectivity index (χ3n) is 5.63. The van der Waals surface area contributed by atoms with E-state index in [0.717, 1.165) is 25.8 Å². The Morgan fingerprint density at radius 1 is 1.24 bits per heavy atom. The largest absolute Gasteiger partial charge is 0.450 e. The fourth-order valence-corrected chi connectivity index (χ4v) is 4.05. The molecule has 2 amide bonds. The Morgan fingerprint density at radius 3 is 2.56 bits per heavy atom. The molecule has 0 aliphatic carbocycles. The summed E-state index contributed by atoms with van der Waals surface area (Å²) in [6, 6.07) is 10.7. The highest BCUT2D eigenvalue weighted by Gasteiger charge is 2.40. The van der Waals surface area contributed by atoms with Crippen LogP contribution in [0, 0.1) is 0 Å². The molecule has 136 valence electrons. The van der Waals surface area contributed by atoms with Crippen molar-refractivity contribution in [1.82, 2.24) is 9.80 Å². The Labute approximate surface area is 149 Å². The summed E-state index contributed by atoms with van der Waals surface area (Å²) in [5, 5.41) is 0. The number of carbonyl (C=O) groups is 2. The van der Waals surface area contributed by atoms with E-state index < -0.39 is 0 Å². The molecule has 5 heteroatoms. The van der Waals surface area contributed by atoms with E-state index in [4.69, 9.17) is 4.74 Å². The molecule has 0 aromatic heterocycles. The third kappa shape index (κ3) is 3.80. The molecule has 2 saturated heterocycles. The van der Waals surface area contributed by atoms with E-state index in [2.05, 4.69) is 36.1 Å². The lowest BCUT2D eigenvalue weighted by Gasteiger charge is -2.46. The molecule has 0 unspecified atom stereocenters. The molecular formula is C20H28N2O3. The van der Waals surface area contributed by atoms with Crippen LogP contribution in [-0.2, 0) is 14.9 Å². The Hall–Kier alpha value is -2.04. The number of hydrogen-bond acceptors (Lipinski definition) is 3. The van der Waals surface area contributed by atoms with Crippen LogP contribution in [-0.4, -0.2) is 54.1 Å². The second kappa shape index (κ2) is 7.46. The third-order valence-corrected chi connectivity index (χ3v) is 5.63. The maximum atomic E-state index is 12.6. The molecule has 2 heterocycles. The first-order valence-electron chi connectivity index (χ1n) is 9.30. The fraction of sp³-hybridized carbons (Fsp3) is 0.600. The summed E-state index contributed by atoms with van der Waals surface area (Å²) in [5.74, 6) is 0.253. The first kappa shape index (κ1) is 17.8. The number of amides is 2. The van der Waals surface area contributed by atoms with Gasteiger partial charge in [-0.25, -0.2) is 4.79 Å². The van der Waals surface area contributed by atoms with Crippen LogP contribution in [0.1, 0.15) is 45.1 Å². The van der Waals surface area contributed by atoms with Crippen LogP contribution < -0.4 is 0 Å². The fourth-order valence-electron chi connectivity index (χ4n) is 4.05. The number of hydrogen-bond donors (Lipinski definition) is 0. The summed E-state index contributed by atoms with van der Waals surface area (Å²) in [4.78, 5) is 28.2. The summed E-state index contributed by atoms with van der Waals surface area (Å²) in [5.41, 5.74) is 1.31. The molecule has 0 N–H and O–H groups in total. The Balaban J connectivity index is 1.66. The van der Waals surface area contributed by atoms with Crippen LogP contribution in [0.15, 0.2) is 30.3 Å². The lowest BCUT2D eigenvalue weighted by atomic mass is 9.75. The van der Waals surface area contributed by atoms with E-state index in [1.54, 1.807) is 4.90 Å². The monoisotopic (exact) mass is 344 g/mol. The second-order valence-corrected chi connectivity index (χ2v) is 7.37. The van der Waals surface area contributed by atoms with Gasteiger partial charge < -0.3 is 14.5 Å². The molecule has 0 saturated carbocycles. The molecule has 3 rings (SSSR count). The molecule has 1 aromatic rings. The second-order valence-electron chi connectivity index (χ2n) is 7.37. The molecule has 1 atom stereocenters. The van der Waals surface area contributed by atoms with Gasteiger partial charge in [-0.3, -0.25) is 4.79 Å². The molecule has 1 aromatic carbocycles. The van der Waals surface area contributed by atoms with Gasteiger partial charge in [0.05, 0.1) is 6.61 Å². The smallest absolute Gasteiger partial charge is 0.409 e. The highest BCUT2D eigenvalue weighted by atomic mass is 16.6. The van der Waals surface area contributed by atoms with Gasteiger partial charge in [-0.15, -0.1) is 0 Å². The van der Waals surface area contributed by atoms with Gasteiger partial charge in [-0.2, -0.15) is 0 Å². The van der Waals surface area contributed by atoms with Gasteiger partial charge >= 0.3 is 6.09 Å². The zero-order valence-corrected chi connectivity index (χ0v) is 15.2. The van der Waals surface area contributed by atoms with Crippen molar-refractivity contribution in [1.29, 1.82) is 0 Å². The quantitative estimate of drug-likeness (QED) is 0.846. The summed E-state index contributed by atoms with van der Waals surface area (Å²) in [6.07, 6.45) is 2.92. The number of benzene rings is 1. The summed E-state index contributed by atoms with van der Waals surface area (Å²) in [7, 11) is 0. The van der Waals surface area contributed by atoms with Crippen LogP contribution in [0.4, 0.5) is 4.79 Å². The van der Waals surface area contributed by atoms with Gasteiger partial charge in [0.1, 0.15) is 0 Å². The lowest BCUT2D eigenvalue weighted by molar-refractivity contribution is -0.139. The van der Waals surface area contributed by atoms with E-state index in [0.29, 0.717) is 26.1 Å². The highest BCUT2D eigenvalue weighted by molar-refractivity contribution is 5.78. The van der Waals surface area contributed by atoms with Crippen LogP contribution >= 0.6 is 0 Å². The van der Waals surface area contributed by atoms with Gasteiger partial charge in [0.2, 0.25) is 5.91 Å². The number of rotatable bonds is 3. The van der Waals surface area contributed by atoms with Crippen molar-refractivity contribution >= 4 is 12.0 Å². The van der Waals surface area contributed by atoms with Gasteiger partial charge in [0.15, 0.2) is 0 Å². The van der Waals surface area contributed by atoms with Crippen molar-refractivity contribution in [2.75, 3.05) is 26.2 Å². The molecule has 0 radical (unpaired) electrons. The molecule has 0 bridgehead atoms. The van der Waals surface area contributed by atoms with E-state index in [9.17, 15) is 9.59 Å². The average Bonchev–Trinajstić information content (AvgIpc) is 2.65. The number of piperidine rings is 2. The van der Waals surface area contributed by atoms with Gasteiger partial charge in [-0.1, -0.05) is 37.3 Å². The number of likely N-dealkylation sites (tertiary alicyclic amines) is 2. The van der Waals surface area contributed by atoms with Crippen molar-refractivity contribution in [3.63, 3.8) is 0 Å². The van der Waals surface area contributed by atoms with E-state index >= 15 is 0 Å². The summed E-state index contributed by atoms with van der Waals surface area (Å²) < 4.78 is 5.08. The normalized spacial score (nSPS) is 25.1. The predicted octanol–water partition coefficient (Wildman–Crippen LogP) is 3.19. The maximum absolute atomic E-state index is 12.6. The average molecular weight is 344 g/mol. The molecule has 2 fully saturated rings. The molecule has 25 heavy (non-hydrogen) atoms. The molecule has 2 aliphatic heterocycles. The van der Waals surface area contributed by atoms with Crippen LogP contribution in [0.2, 0.25) is 0 Å². The highest BCUT2D eigenvalue weighted by Crippen LogP contribution is 2.36. The Kier molecular flexibility index (Phi) is 5.30. The first-order chi connectivity index (χ1) is 12.0. The Bertz CT molecular complexity index is 611. The number of ether oxygens (including phenoxy) is 1. The van der Waals surface area contributed by atoms with Gasteiger partial charge in [0.25, 0.3) is 0 Å². The van der Waals surface area contributed by atoms with E-state index in [-0.39, 0.29) is 23.5 Å². The van der Waals surface area contributed by atoms with Crippen molar-refractivity contribution in [2.45, 2.75) is 51.0 Å². The topological polar surface area (TPSA) is 49.9 Å². The minimum Gasteiger partial charge on any atom is -0.450 e. The van der Waals surface area contributed by atoms with Gasteiger partial charge in [-0.05, 0) is 31.7 Å². The molecule has 5 nitrogen and oxygen atoms in total. The Morgan fingerprint density at radius 2 is 1.92 bits per heavy atom. The minimum atomic E-state index is -0.236. The molecular weight excluding hydrogens is 316 g/mol. The SMILES string of the molecule is CCOC(=O)N1CCC(N2C[C@@](C)(c3ccccc3)CCC2=O)CC1. The standard InChI is InChI=1S/C20H28N2O3/c1-3-25-19(24)21-13-10-17(11-14-21)22-15-20(2,12-9-18(22)23)16-7-5-4-6-8-16/h4-8,17H,3,9-15H2,1-2H3/t20-/m0/s1. The summed E-state index contributed by atoms with van der Waals surface area (Å²) in [6.45, 7) is 6.57. The van der Waals surface area contributed by atoms with Gasteiger partial charge in [0, 0.05) is 37.5 Å². The summed E-state index contributed by atoms with van der Waals surface area (Å²) >= 11 is 0. The van der Waals surface area contributed by atoms with E-state index in [1.165, 1.54) is 5.56 Å². The number of nitrogens with zero attached hydrogens (tertiary/aromatic N) is 2. The van der Waals surface area contributed by atoms with Crippen LogP contribution in [0.3, 0.4) is 0 Å². The maximum Gasteiger partial charge on any atom is 0.409 e. The van der Waals surface area contributed by atoms with E-state index in [1.807, 2.05) is 13.0 Å². The van der Waals surface area contributed by atoms with Crippen molar-refractivity contribution in [2.24, 2.45) is 0 Å². The van der Waals surface area contributed by atoms with Crippen LogP contribution in [0.5, 0.6) is 0 Å². The van der Waals surface area contributed by atoms with Crippen molar-refractivity contribution < 1.29 is 14.3 Å². The zero-order chi connectivity index (χ0) is 17.9. The predicted molar refractivity (Wildman–Crippen MR) is 96.4 cm³/mol. The molecule has 0 spiro atoms. The van der Waals surface area contributed by atoms with Crippen LogP contribution in [0.25, 0.3) is 0 Å². The zero-order valence-electron chi connectivity index (χ0n) is 15.2. The first-order valence-corrected chi connectivity index (χ1v) is 9.30. The minimum absolute atomic E-state index is 0.00739. The van der Waals surface area contributed by atoms with Crippen molar-refractivity contribution in [3.8, 4) is 0 Å². The van der Waals surface area contributed by atoms with Crippen molar-refractivity contribution in [3.05, 3.63) is 35.9 Å². The lowest BCUT2D eigenvalue weighted by Crippen LogP contribution is -2.55. The number of carbonyl (C=O) groups excluding carboxylic acids is 2.